The summed E-state index contributed by atoms with van der Waals surface area (Å²) >= 11 is 0. The Morgan fingerprint density at radius 3 is 2.20 bits per heavy atom. The van der Waals surface area contributed by atoms with Crippen molar-refractivity contribution in [1.29, 1.82) is 0 Å². The number of fused-ring (bicyclic) bond motifs is 4. The largest absolute Gasteiger partial charge is 0.354 e. The van der Waals surface area contributed by atoms with E-state index in [9.17, 15) is 9.59 Å². The Morgan fingerprint density at radius 1 is 0.743 bits per heavy atom. The summed E-state index contributed by atoms with van der Waals surface area (Å²) in [5.41, 5.74) is 4.27. The van der Waals surface area contributed by atoms with Crippen LogP contribution in [0.1, 0.15) is 52.0 Å². The van der Waals surface area contributed by atoms with Crippen LogP contribution in [0.3, 0.4) is 0 Å². The third-order valence-corrected chi connectivity index (χ3v) is 7.08. The number of aromatic amines is 1. The van der Waals surface area contributed by atoms with Crippen molar-refractivity contribution in [2.75, 3.05) is 18.1 Å². The molecule has 3 aromatic carbocycles. The van der Waals surface area contributed by atoms with Crippen LogP contribution in [0, 0.1) is 0 Å². The second-order valence-electron chi connectivity index (χ2n) is 9.38. The minimum atomic E-state index is 0.00272. The summed E-state index contributed by atoms with van der Waals surface area (Å²) in [5.74, 6) is 0. The van der Waals surface area contributed by atoms with Crippen molar-refractivity contribution in [2.24, 2.45) is 0 Å². The molecule has 2 aromatic heterocycles. The van der Waals surface area contributed by atoms with E-state index in [0.29, 0.717) is 21.7 Å². The predicted molar refractivity (Wildman–Crippen MR) is 148 cm³/mol. The zero-order valence-electron chi connectivity index (χ0n) is 20.9. The molecule has 0 radical (unpaired) electrons. The maximum absolute atomic E-state index is 13.8. The van der Waals surface area contributed by atoms with Crippen LogP contribution in [0.2, 0.25) is 0 Å². The van der Waals surface area contributed by atoms with Gasteiger partial charge < -0.3 is 9.99 Å². The number of aryl methyl sites for hydroxylation is 1. The standard InChI is InChI=1S/C30H33N3O2/c1-4-7-16-32(17-8-5-2)33-26-15-10-9-13-21(26)29(34)23-18-25-22(19-27(23)33)30(35)28-20(6-3)12-11-14-24(28)31-25/h9-15,18-19H,4-8,16-17H2,1-3H3,(H,31,35). The van der Waals surface area contributed by atoms with Crippen LogP contribution in [-0.2, 0) is 6.42 Å². The number of unbranched alkanes of at least 4 members (excludes halogenated alkanes) is 2. The summed E-state index contributed by atoms with van der Waals surface area (Å²) < 4.78 is 2.20. The molecular formula is C30H33N3O2. The van der Waals surface area contributed by atoms with E-state index in [2.05, 4.69) is 35.4 Å². The van der Waals surface area contributed by atoms with Gasteiger partial charge in [-0.25, -0.2) is 0 Å². The number of pyridine rings is 2. The summed E-state index contributed by atoms with van der Waals surface area (Å²) in [6.07, 6.45) is 5.09. The smallest absolute Gasteiger partial charge is 0.197 e. The molecule has 0 unspecified atom stereocenters. The number of hydrogen-bond donors (Lipinski definition) is 1. The van der Waals surface area contributed by atoms with Gasteiger partial charge in [-0.15, -0.1) is 0 Å². The number of nitrogens with zero attached hydrogens (tertiary/aromatic N) is 2. The van der Waals surface area contributed by atoms with E-state index in [1.165, 1.54) is 0 Å². The lowest BCUT2D eigenvalue weighted by Crippen LogP contribution is -2.38. The summed E-state index contributed by atoms with van der Waals surface area (Å²) in [5, 5.41) is 5.06. The molecule has 0 fully saturated rings. The number of para-hydroxylation sites is 1. The van der Waals surface area contributed by atoms with Crippen LogP contribution in [0.4, 0.5) is 0 Å². The molecule has 0 amide bonds. The minimum Gasteiger partial charge on any atom is -0.354 e. The van der Waals surface area contributed by atoms with Gasteiger partial charge in [0.25, 0.3) is 0 Å². The third kappa shape index (κ3) is 3.89. The number of rotatable bonds is 8. The first kappa shape index (κ1) is 23.2. The molecular weight excluding hydrogens is 434 g/mol. The summed E-state index contributed by atoms with van der Waals surface area (Å²) in [7, 11) is 0. The monoisotopic (exact) mass is 467 g/mol. The van der Waals surface area contributed by atoms with E-state index in [1.807, 2.05) is 54.6 Å². The normalized spacial score (nSPS) is 11.7. The fourth-order valence-electron chi connectivity index (χ4n) is 5.21. The zero-order valence-corrected chi connectivity index (χ0v) is 20.9. The van der Waals surface area contributed by atoms with Crippen LogP contribution in [0.25, 0.3) is 43.6 Å². The van der Waals surface area contributed by atoms with E-state index < -0.39 is 0 Å². The fourth-order valence-corrected chi connectivity index (χ4v) is 5.21. The van der Waals surface area contributed by atoms with Gasteiger partial charge in [-0.05, 0) is 55.2 Å². The average Bonchev–Trinajstić information content (AvgIpc) is 2.89. The molecule has 180 valence electrons. The van der Waals surface area contributed by atoms with Gasteiger partial charge in [0.15, 0.2) is 10.9 Å². The first-order valence-corrected chi connectivity index (χ1v) is 12.9. The first-order valence-electron chi connectivity index (χ1n) is 12.9. The van der Waals surface area contributed by atoms with Gasteiger partial charge in [0, 0.05) is 29.2 Å². The molecule has 35 heavy (non-hydrogen) atoms. The van der Waals surface area contributed by atoms with Gasteiger partial charge in [0.2, 0.25) is 0 Å². The quantitative estimate of drug-likeness (QED) is 0.274. The van der Waals surface area contributed by atoms with Gasteiger partial charge in [-0.2, -0.15) is 0 Å². The molecule has 1 N–H and O–H groups in total. The molecule has 0 saturated heterocycles. The molecule has 5 rings (SSSR count). The number of aromatic nitrogens is 2. The predicted octanol–water partition coefficient (Wildman–Crippen LogP) is 6.25. The lowest BCUT2D eigenvalue weighted by atomic mass is 10.0. The Morgan fingerprint density at radius 2 is 1.49 bits per heavy atom. The number of nitrogens with one attached hydrogen (secondary N) is 1. The molecule has 0 aliphatic heterocycles. The van der Waals surface area contributed by atoms with Gasteiger partial charge in [0.05, 0.1) is 27.5 Å². The highest BCUT2D eigenvalue weighted by molar-refractivity contribution is 6.03. The van der Waals surface area contributed by atoms with Crippen molar-refractivity contribution in [1.82, 2.24) is 9.66 Å². The van der Waals surface area contributed by atoms with E-state index >= 15 is 0 Å². The van der Waals surface area contributed by atoms with Crippen LogP contribution >= 0.6 is 0 Å². The third-order valence-electron chi connectivity index (χ3n) is 7.08. The highest BCUT2D eigenvalue weighted by atomic mass is 16.1. The Kier molecular flexibility index (Phi) is 6.33. The van der Waals surface area contributed by atoms with Gasteiger partial charge in [-0.1, -0.05) is 57.9 Å². The van der Waals surface area contributed by atoms with Crippen LogP contribution < -0.4 is 15.9 Å². The average molecular weight is 468 g/mol. The SMILES string of the molecule is CCCCN(CCCC)n1c2ccccc2c(=O)c2cc3[nH]c4cccc(CC)c4c(=O)c3cc21. The van der Waals surface area contributed by atoms with E-state index in [0.717, 1.165) is 72.7 Å². The van der Waals surface area contributed by atoms with Crippen molar-refractivity contribution < 1.29 is 0 Å². The lowest BCUT2D eigenvalue weighted by molar-refractivity contribution is 0.564. The Labute approximate surface area is 205 Å². The molecule has 0 atom stereocenters. The van der Waals surface area contributed by atoms with Crippen LogP contribution in [0.5, 0.6) is 0 Å². The van der Waals surface area contributed by atoms with Crippen molar-refractivity contribution in [3.8, 4) is 0 Å². The number of hydrogen-bond acceptors (Lipinski definition) is 3. The van der Waals surface area contributed by atoms with E-state index in [1.54, 1.807) is 0 Å². The molecule has 0 spiro atoms. The summed E-state index contributed by atoms with van der Waals surface area (Å²) in [6.45, 7) is 8.25. The molecule has 0 aliphatic rings. The van der Waals surface area contributed by atoms with Gasteiger partial charge in [0.1, 0.15) is 0 Å². The Bertz CT molecular complexity index is 1650. The second kappa shape index (κ2) is 9.57. The van der Waals surface area contributed by atoms with Gasteiger partial charge in [-0.3, -0.25) is 14.3 Å². The van der Waals surface area contributed by atoms with E-state index in [-0.39, 0.29) is 10.9 Å². The zero-order chi connectivity index (χ0) is 24.5. The second-order valence-corrected chi connectivity index (χ2v) is 9.38. The highest BCUT2D eigenvalue weighted by Gasteiger charge is 2.18. The van der Waals surface area contributed by atoms with Crippen molar-refractivity contribution in [2.45, 2.75) is 52.9 Å². The maximum atomic E-state index is 13.8. The van der Waals surface area contributed by atoms with Crippen LogP contribution in [0.15, 0.2) is 64.2 Å². The highest BCUT2D eigenvalue weighted by Crippen LogP contribution is 2.26. The molecule has 5 heteroatoms. The summed E-state index contributed by atoms with van der Waals surface area (Å²) in [6, 6.07) is 17.6. The first-order chi connectivity index (χ1) is 17.1. The minimum absolute atomic E-state index is 0.00272. The van der Waals surface area contributed by atoms with Crippen molar-refractivity contribution in [3.63, 3.8) is 0 Å². The molecule has 5 nitrogen and oxygen atoms in total. The fraction of sp³-hybridized carbons (Fsp3) is 0.333. The van der Waals surface area contributed by atoms with Crippen molar-refractivity contribution in [3.05, 3.63) is 80.6 Å². The molecule has 0 bridgehead atoms. The Balaban J connectivity index is 1.93. The topological polar surface area (TPSA) is 58.1 Å². The lowest BCUT2D eigenvalue weighted by Gasteiger charge is -2.30. The maximum Gasteiger partial charge on any atom is 0.197 e. The van der Waals surface area contributed by atoms with Crippen molar-refractivity contribution >= 4 is 43.6 Å². The number of H-pyrrole nitrogens is 1. The number of benzene rings is 3. The van der Waals surface area contributed by atoms with Gasteiger partial charge >= 0.3 is 0 Å². The van der Waals surface area contributed by atoms with Crippen LogP contribution in [-0.4, -0.2) is 22.7 Å². The molecule has 2 heterocycles. The molecule has 0 saturated carbocycles. The summed E-state index contributed by atoms with van der Waals surface area (Å²) in [4.78, 5) is 30.9. The molecule has 5 aromatic rings. The Hall–Kier alpha value is -3.60. The van der Waals surface area contributed by atoms with E-state index in [4.69, 9.17) is 0 Å². The molecule has 0 aliphatic carbocycles.